The smallest absolute Gasteiger partial charge is 0.320 e. The molecule has 0 amide bonds. The maximum absolute atomic E-state index is 12.6. The van der Waals surface area contributed by atoms with Gasteiger partial charge in [0.15, 0.2) is 11.2 Å². The van der Waals surface area contributed by atoms with Gasteiger partial charge in [0.1, 0.15) is 0 Å². The van der Waals surface area contributed by atoms with Gasteiger partial charge in [-0.3, -0.25) is 4.79 Å². The molecule has 2 aromatic heterocycles. The first-order valence-corrected chi connectivity index (χ1v) is 6.50. The second-order valence-corrected chi connectivity index (χ2v) is 4.96. The zero-order valence-corrected chi connectivity index (χ0v) is 11.6. The Labute approximate surface area is 126 Å². The summed E-state index contributed by atoms with van der Waals surface area (Å²) in [6.45, 7) is 0.201. The Morgan fingerprint density at radius 3 is 2.68 bits per heavy atom. The number of fused-ring (bicyclic) bond motifs is 1. The van der Waals surface area contributed by atoms with Crippen LogP contribution < -0.4 is 5.56 Å². The highest BCUT2D eigenvalue weighted by molar-refractivity contribution is 6.31. The minimum atomic E-state index is -4.74. The number of aromatic amines is 1. The van der Waals surface area contributed by atoms with Crippen LogP contribution in [0.2, 0.25) is 5.02 Å². The van der Waals surface area contributed by atoms with Gasteiger partial charge in [0.05, 0.1) is 12.9 Å². The highest BCUT2D eigenvalue weighted by Gasteiger charge is 2.35. The van der Waals surface area contributed by atoms with Gasteiger partial charge in [-0.05, 0) is 11.6 Å². The highest BCUT2D eigenvalue weighted by Crippen LogP contribution is 2.26. The molecule has 0 unspecified atom stereocenters. The Bertz CT molecular complexity index is 900. The summed E-state index contributed by atoms with van der Waals surface area (Å²) in [7, 11) is 0. The van der Waals surface area contributed by atoms with E-state index in [1.165, 1.54) is 10.9 Å². The first-order valence-electron chi connectivity index (χ1n) is 6.12. The molecule has 0 fully saturated rings. The minimum Gasteiger partial charge on any atom is -0.320 e. The molecule has 0 bridgehead atoms. The van der Waals surface area contributed by atoms with Crippen molar-refractivity contribution in [2.45, 2.75) is 12.7 Å². The van der Waals surface area contributed by atoms with E-state index in [0.29, 0.717) is 10.6 Å². The lowest BCUT2D eigenvalue weighted by atomic mass is 10.2. The number of rotatable bonds is 2. The van der Waals surface area contributed by atoms with Gasteiger partial charge >= 0.3 is 6.18 Å². The van der Waals surface area contributed by atoms with E-state index in [-0.39, 0.29) is 17.7 Å². The topological polar surface area (TPSA) is 63.6 Å². The van der Waals surface area contributed by atoms with Crippen LogP contribution in [0.25, 0.3) is 11.2 Å². The molecule has 114 valence electrons. The molecule has 5 nitrogen and oxygen atoms in total. The molecule has 3 rings (SSSR count). The van der Waals surface area contributed by atoms with E-state index < -0.39 is 17.6 Å². The molecule has 22 heavy (non-hydrogen) atoms. The molecular weight excluding hydrogens is 321 g/mol. The average Bonchev–Trinajstić information content (AvgIpc) is 2.84. The van der Waals surface area contributed by atoms with Crippen LogP contribution in [0.1, 0.15) is 11.4 Å². The third-order valence-corrected chi connectivity index (χ3v) is 3.42. The molecule has 0 aliphatic rings. The van der Waals surface area contributed by atoms with Gasteiger partial charge in [-0.15, -0.1) is 0 Å². The molecule has 9 heteroatoms. The van der Waals surface area contributed by atoms with Gasteiger partial charge in [0.2, 0.25) is 5.82 Å². The summed E-state index contributed by atoms with van der Waals surface area (Å²) in [6.07, 6.45) is -3.48. The van der Waals surface area contributed by atoms with E-state index in [0.717, 1.165) is 0 Å². The van der Waals surface area contributed by atoms with Crippen LogP contribution in [-0.2, 0) is 12.7 Å². The van der Waals surface area contributed by atoms with E-state index in [1.807, 2.05) is 0 Å². The molecule has 0 atom stereocenters. The van der Waals surface area contributed by atoms with Crippen molar-refractivity contribution in [3.63, 3.8) is 0 Å². The fourth-order valence-electron chi connectivity index (χ4n) is 2.05. The van der Waals surface area contributed by atoms with Gasteiger partial charge in [-0.25, -0.2) is 9.97 Å². The van der Waals surface area contributed by atoms with E-state index in [1.54, 1.807) is 29.2 Å². The number of alkyl halides is 3. The fourth-order valence-corrected chi connectivity index (χ4v) is 2.25. The number of aromatic nitrogens is 4. The molecule has 1 N–H and O–H groups in total. The molecule has 2 heterocycles. The van der Waals surface area contributed by atoms with Crippen LogP contribution in [0.5, 0.6) is 0 Å². The fraction of sp³-hybridized carbons (Fsp3) is 0.154. The lowest BCUT2D eigenvalue weighted by Crippen LogP contribution is -2.20. The summed E-state index contributed by atoms with van der Waals surface area (Å²) in [5.41, 5.74) is -0.485. The molecule has 0 saturated heterocycles. The SMILES string of the molecule is O=c1[nH]c(C(F)(F)F)nc2ncn(Cc3ccccc3Cl)c12. The summed E-state index contributed by atoms with van der Waals surface area (Å²) in [5, 5.41) is 0.487. The van der Waals surface area contributed by atoms with Crippen molar-refractivity contribution < 1.29 is 13.2 Å². The normalized spacial score (nSPS) is 12.0. The number of imidazole rings is 1. The molecule has 0 saturated carbocycles. The first-order chi connectivity index (χ1) is 10.4. The third kappa shape index (κ3) is 2.57. The number of hydrogen-bond donors (Lipinski definition) is 1. The number of nitrogens with one attached hydrogen (secondary N) is 1. The summed E-state index contributed by atoms with van der Waals surface area (Å²) in [6, 6.07) is 6.95. The molecule has 3 aromatic rings. The Balaban J connectivity index is 2.10. The lowest BCUT2D eigenvalue weighted by molar-refractivity contribution is -0.144. The molecule has 0 radical (unpaired) electrons. The summed E-state index contributed by atoms with van der Waals surface area (Å²) >= 11 is 6.03. The summed E-state index contributed by atoms with van der Waals surface area (Å²) in [4.78, 5) is 20.8. The van der Waals surface area contributed by atoms with Crippen molar-refractivity contribution in [3.05, 3.63) is 57.4 Å². The lowest BCUT2D eigenvalue weighted by Gasteiger charge is -2.07. The summed E-state index contributed by atoms with van der Waals surface area (Å²) < 4.78 is 39.3. The molecule has 1 aromatic carbocycles. The average molecular weight is 329 g/mol. The van der Waals surface area contributed by atoms with Gasteiger partial charge in [-0.1, -0.05) is 29.8 Å². The van der Waals surface area contributed by atoms with E-state index >= 15 is 0 Å². The zero-order valence-electron chi connectivity index (χ0n) is 10.9. The van der Waals surface area contributed by atoms with Gasteiger partial charge in [0, 0.05) is 5.02 Å². The standard InChI is InChI=1S/C13H8ClF3N4O/c14-8-4-2-1-3-7(8)5-21-6-18-10-9(21)11(22)20-12(19-10)13(15,16)17/h1-4,6H,5H2,(H,19,20,22). The van der Waals surface area contributed by atoms with Crippen LogP contribution in [0.3, 0.4) is 0 Å². The number of H-pyrrole nitrogens is 1. The van der Waals surface area contributed by atoms with Crippen LogP contribution >= 0.6 is 11.6 Å². The predicted molar refractivity (Wildman–Crippen MR) is 73.7 cm³/mol. The number of nitrogens with zero attached hydrogens (tertiary/aromatic N) is 3. The van der Waals surface area contributed by atoms with Crippen molar-refractivity contribution in [2.24, 2.45) is 0 Å². The highest BCUT2D eigenvalue weighted by atomic mass is 35.5. The largest absolute Gasteiger partial charge is 0.449 e. The van der Waals surface area contributed by atoms with Crippen LogP contribution in [0.4, 0.5) is 13.2 Å². The number of benzene rings is 1. The van der Waals surface area contributed by atoms with Gasteiger partial charge in [-0.2, -0.15) is 13.2 Å². The van der Waals surface area contributed by atoms with Crippen molar-refractivity contribution in [3.8, 4) is 0 Å². The Morgan fingerprint density at radius 1 is 1.27 bits per heavy atom. The molecular formula is C13H8ClF3N4O. The van der Waals surface area contributed by atoms with Crippen molar-refractivity contribution in [1.82, 2.24) is 19.5 Å². The Kier molecular flexibility index (Phi) is 3.40. The Morgan fingerprint density at radius 2 is 2.00 bits per heavy atom. The maximum atomic E-state index is 12.6. The Hall–Kier alpha value is -2.35. The molecule has 0 aliphatic carbocycles. The van der Waals surface area contributed by atoms with E-state index in [2.05, 4.69) is 9.97 Å². The first kappa shape index (κ1) is 14.6. The van der Waals surface area contributed by atoms with E-state index in [4.69, 9.17) is 11.6 Å². The quantitative estimate of drug-likeness (QED) is 0.786. The zero-order chi connectivity index (χ0) is 15.9. The van der Waals surface area contributed by atoms with Gasteiger partial charge < -0.3 is 9.55 Å². The van der Waals surface area contributed by atoms with E-state index in [9.17, 15) is 18.0 Å². The van der Waals surface area contributed by atoms with Crippen molar-refractivity contribution >= 4 is 22.8 Å². The van der Waals surface area contributed by atoms with Crippen LogP contribution in [0, 0.1) is 0 Å². The van der Waals surface area contributed by atoms with Crippen LogP contribution in [-0.4, -0.2) is 19.5 Å². The predicted octanol–water partition coefficient (Wildman–Crippen LogP) is 2.84. The second kappa shape index (κ2) is 5.13. The van der Waals surface area contributed by atoms with Crippen molar-refractivity contribution in [2.75, 3.05) is 0 Å². The van der Waals surface area contributed by atoms with Gasteiger partial charge in [0.25, 0.3) is 5.56 Å². The monoisotopic (exact) mass is 328 g/mol. The number of halogens is 4. The maximum Gasteiger partial charge on any atom is 0.449 e. The molecule has 0 aliphatic heterocycles. The number of hydrogen-bond acceptors (Lipinski definition) is 3. The summed E-state index contributed by atoms with van der Waals surface area (Å²) in [5.74, 6) is -1.37. The second-order valence-electron chi connectivity index (χ2n) is 4.55. The van der Waals surface area contributed by atoms with Crippen LogP contribution in [0.15, 0.2) is 35.4 Å². The third-order valence-electron chi connectivity index (χ3n) is 3.05. The molecule has 0 spiro atoms. The minimum absolute atomic E-state index is 0.0343. The van der Waals surface area contributed by atoms with Crippen molar-refractivity contribution in [1.29, 1.82) is 0 Å².